The summed E-state index contributed by atoms with van der Waals surface area (Å²) in [5.41, 5.74) is 0. The van der Waals surface area contributed by atoms with E-state index < -0.39 is 0 Å². The van der Waals surface area contributed by atoms with Crippen molar-refractivity contribution in [3.63, 3.8) is 0 Å². The van der Waals surface area contributed by atoms with Gasteiger partial charge in [-0.15, -0.1) is 0 Å². The Hall–Kier alpha value is -0.120. The summed E-state index contributed by atoms with van der Waals surface area (Å²) < 4.78 is 5.34. The smallest absolute Gasteiger partial charge is 0.0618 e. The molecule has 0 aromatic carbocycles. The standard InChI is InChI=1S/C15H32N2O/c1-6-12(7-2)15(17(3)4)10-16-14(11-18-5)13-8-9-13/h12-16H,6-11H2,1-5H3. The lowest BCUT2D eigenvalue weighted by molar-refractivity contribution is 0.140. The molecule has 0 aromatic rings. The fraction of sp³-hybridized carbons (Fsp3) is 1.00. The highest BCUT2D eigenvalue weighted by molar-refractivity contribution is 4.88. The maximum Gasteiger partial charge on any atom is 0.0618 e. The van der Waals surface area contributed by atoms with E-state index in [1.54, 1.807) is 7.11 Å². The molecule has 108 valence electrons. The van der Waals surface area contributed by atoms with E-state index >= 15 is 0 Å². The van der Waals surface area contributed by atoms with Crippen molar-refractivity contribution in [2.24, 2.45) is 11.8 Å². The molecule has 1 N–H and O–H groups in total. The summed E-state index contributed by atoms with van der Waals surface area (Å²) in [5, 5.41) is 3.75. The van der Waals surface area contributed by atoms with Crippen molar-refractivity contribution in [2.45, 2.75) is 51.6 Å². The lowest BCUT2D eigenvalue weighted by atomic mass is 9.93. The minimum Gasteiger partial charge on any atom is -0.383 e. The summed E-state index contributed by atoms with van der Waals surface area (Å²) in [6.07, 6.45) is 5.27. The summed E-state index contributed by atoms with van der Waals surface area (Å²) in [5.74, 6) is 1.64. The van der Waals surface area contributed by atoms with Gasteiger partial charge in [-0.25, -0.2) is 0 Å². The summed E-state index contributed by atoms with van der Waals surface area (Å²) in [6, 6.07) is 1.20. The molecular formula is C15H32N2O. The molecule has 0 saturated heterocycles. The third-order valence-corrected chi connectivity index (χ3v) is 4.38. The average Bonchev–Trinajstić information content (AvgIpc) is 3.16. The maximum absolute atomic E-state index is 5.34. The van der Waals surface area contributed by atoms with Gasteiger partial charge in [0, 0.05) is 25.7 Å². The Kier molecular flexibility index (Phi) is 7.20. The molecule has 0 aromatic heterocycles. The SMILES string of the molecule is CCC(CC)C(CNC(COC)C1CC1)N(C)C. The van der Waals surface area contributed by atoms with Crippen molar-refractivity contribution in [1.82, 2.24) is 10.2 Å². The Morgan fingerprint density at radius 2 is 1.83 bits per heavy atom. The van der Waals surface area contributed by atoms with Crippen LogP contribution in [-0.2, 0) is 4.74 Å². The third-order valence-electron chi connectivity index (χ3n) is 4.38. The van der Waals surface area contributed by atoms with Crippen LogP contribution in [-0.4, -0.2) is 51.3 Å². The van der Waals surface area contributed by atoms with Gasteiger partial charge in [-0.2, -0.15) is 0 Å². The number of likely N-dealkylation sites (N-methyl/N-ethyl adjacent to an activating group) is 1. The molecule has 2 atom stereocenters. The minimum atomic E-state index is 0.562. The van der Waals surface area contributed by atoms with Crippen molar-refractivity contribution in [1.29, 1.82) is 0 Å². The van der Waals surface area contributed by atoms with Crippen molar-refractivity contribution in [3.05, 3.63) is 0 Å². The summed E-state index contributed by atoms with van der Waals surface area (Å²) >= 11 is 0. The fourth-order valence-corrected chi connectivity index (χ4v) is 2.92. The van der Waals surface area contributed by atoms with Crippen molar-refractivity contribution in [3.8, 4) is 0 Å². The first-order chi connectivity index (χ1) is 8.63. The number of ether oxygens (including phenoxy) is 1. The monoisotopic (exact) mass is 256 g/mol. The number of hydrogen-bond donors (Lipinski definition) is 1. The zero-order valence-corrected chi connectivity index (χ0v) is 12.9. The molecule has 0 aliphatic heterocycles. The summed E-state index contributed by atoms with van der Waals surface area (Å²) in [4.78, 5) is 2.38. The van der Waals surface area contributed by atoms with E-state index in [2.05, 4.69) is 38.2 Å². The second-order valence-electron chi connectivity index (χ2n) is 5.92. The molecule has 1 aliphatic carbocycles. The van der Waals surface area contributed by atoms with E-state index in [1.807, 2.05) is 0 Å². The summed E-state index contributed by atoms with van der Waals surface area (Å²) in [7, 11) is 6.21. The van der Waals surface area contributed by atoms with Crippen molar-refractivity contribution < 1.29 is 4.74 Å². The van der Waals surface area contributed by atoms with Crippen LogP contribution in [0.3, 0.4) is 0 Å². The van der Waals surface area contributed by atoms with Crippen LogP contribution >= 0.6 is 0 Å². The van der Waals surface area contributed by atoms with E-state index in [9.17, 15) is 0 Å². The van der Waals surface area contributed by atoms with Gasteiger partial charge in [-0.05, 0) is 38.8 Å². The Labute approximate surface area is 113 Å². The predicted molar refractivity (Wildman–Crippen MR) is 77.9 cm³/mol. The molecule has 1 fully saturated rings. The first-order valence-corrected chi connectivity index (χ1v) is 7.52. The van der Waals surface area contributed by atoms with Gasteiger partial charge in [0.25, 0.3) is 0 Å². The third kappa shape index (κ3) is 4.87. The van der Waals surface area contributed by atoms with Crippen LogP contribution in [0.25, 0.3) is 0 Å². The largest absolute Gasteiger partial charge is 0.383 e. The zero-order chi connectivity index (χ0) is 13.5. The van der Waals surface area contributed by atoms with Crippen LogP contribution in [0.15, 0.2) is 0 Å². The van der Waals surface area contributed by atoms with Gasteiger partial charge in [0.05, 0.1) is 6.61 Å². The average molecular weight is 256 g/mol. The molecule has 1 saturated carbocycles. The van der Waals surface area contributed by atoms with E-state index in [0.717, 1.165) is 25.0 Å². The van der Waals surface area contributed by atoms with Crippen molar-refractivity contribution >= 4 is 0 Å². The molecule has 0 heterocycles. The Balaban J connectivity index is 2.44. The molecular weight excluding hydrogens is 224 g/mol. The van der Waals surface area contributed by atoms with Gasteiger partial charge in [0.1, 0.15) is 0 Å². The van der Waals surface area contributed by atoms with Crippen LogP contribution in [0.2, 0.25) is 0 Å². The van der Waals surface area contributed by atoms with Gasteiger partial charge in [0.2, 0.25) is 0 Å². The lowest BCUT2D eigenvalue weighted by Gasteiger charge is -2.33. The van der Waals surface area contributed by atoms with E-state index in [-0.39, 0.29) is 0 Å². The number of methoxy groups -OCH3 is 1. The molecule has 1 rings (SSSR count). The van der Waals surface area contributed by atoms with Crippen molar-refractivity contribution in [2.75, 3.05) is 34.4 Å². The van der Waals surface area contributed by atoms with Gasteiger partial charge in [-0.1, -0.05) is 26.7 Å². The van der Waals surface area contributed by atoms with E-state index in [1.165, 1.54) is 25.7 Å². The van der Waals surface area contributed by atoms with Gasteiger partial charge in [-0.3, -0.25) is 0 Å². The first kappa shape index (κ1) is 15.9. The van der Waals surface area contributed by atoms with Crippen LogP contribution < -0.4 is 5.32 Å². The molecule has 0 bridgehead atoms. The van der Waals surface area contributed by atoms with Gasteiger partial charge >= 0.3 is 0 Å². The second kappa shape index (κ2) is 8.13. The van der Waals surface area contributed by atoms with Gasteiger partial charge < -0.3 is 15.0 Å². The highest BCUT2D eigenvalue weighted by Crippen LogP contribution is 2.32. The van der Waals surface area contributed by atoms with Gasteiger partial charge in [0.15, 0.2) is 0 Å². The normalized spacial score (nSPS) is 19.5. The molecule has 3 heteroatoms. The minimum absolute atomic E-state index is 0.562. The number of nitrogens with one attached hydrogen (secondary N) is 1. The number of nitrogens with zero attached hydrogens (tertiary/aromatic N) is 1. The molecule has 18 heavy (non-hydrogen) atoms. The topological polar surface area (TPSA) is 24.5 Å². The maximum atomic E-state index is 5.34. The van der Waals surface area contributed by atoms with E-state index in [4.69, 9.17) is 4.74 Å². The highest BCUT2D eigenvalue weighted by Gasteiger charge is 2.32. The fourth-order valence-electron chi connectivity index (χ4n) is 2.92. The lowest BCUT2D eigenvalue weighted by Crippen LogP contribution is -2.47. The Morgan fingerprint density at radius 3 is 2.22 bits per heavy atom. The highest BCUT2D eigenvalue weighted by atomic mass is 16.5. The molecule has 0 radical (unpaired) electrons. The van der Waals surface area contributed by atoms with E-state index in [0.29, 0.717) is 12.1 Å². The van der Waals surface area contributed by atoms with Crippen LogP contribution in [0.1, 0.15) is 39.5 Å². The Bertz CT molecular complexity index is 213. The Morgan fingerprint density at radius 1 is 1.22 bits per heavy atom. The molecule has 2 unspecified atom stereocenters. The first-order valence-electron chi connectivity index (χ1n) is 7.52. The molecule has 0 amide bonds. The second-order valence-corrected chi connectivity index (χ2v) is 5.92. The molecule has 1 aliphatic rings. The van der Waals surface area contributed by atoms with Crippen LogP contribution in [0, 0.1) is 11.8 Å². The predicted octanol–water partition coefficient (Wildman–Crippen LogP) is 2.37. The molecule has 0 spiro atoms. The number of rotatable bonds is 10. The summed E-state index contributed by atoms with van der Waals surface area (Å²) in [6.45, 7) is 6.55. The number of hydrogen-bond acceptors (Lipinski definition) is 3. The quantitative estimate of drug-likeness (QED) is 0.649. The van der Waals surface area contributed by atoms with Crippen LogP contribution in [0.5, 0.6) is 0 Å². The zero-order valence-electron chi connectivity index (χ0n) is 12.9. The van der Waals surface area contributed by atoms with Crippen LogP contribution in [0.4, 0.5) is 0 Å². The molecule has 3 nitrogen and oxygen atoms in total.